The molecule has 0 aromatic heterocycles. The van der Waals surface area contributed by atoms with E-state index in [-0.39, 0.29) is 42.3 Å². The van der Waals surface area contributed by atoms with E-state index >= 15 is 0 Å². The Bertz CT molecular complexity index is 1680. The van der Waals surface area contributed by atoms with E-state index in [1.165, 1.54) is 12.1 Å². The fourth-order valence-electron chi connectivity index (χ4n) is 5.80. The Hall–Kier alpha value is -4.80. The van der Waals surface area contributed by atoms with Crippen LogP contribution in [0.4, 0.5) is 13.2 Å². The van der Waals surface area contributed by atoms with Gasteiger partial charge in [0.15, 0.2) is 5.78 Å². The van der Waals surface area contributed by atoms with Gasteiger partial charge < -0.3 is 20.6 Å². The number of carbonyl (C=O) groups is 3. The zero-order valence-electron chi connectivity index (χ0n) is 25.6. The molecule has 47 heavy (non-hydrogen) atoms. The number of benzene rings is 4. The van der Waals surface area contributed by atoms with Crippen molar-refractivity contribution in [3.63, 3.8) is 0 Å². The lowest BCUT2D eigenvalue weighted by atomic mass is 9.99. The number of hydrogen-bond acceptors (Lipinski definition) is 5. The Morgan fingerprint density at radius 3 is 2.17 bits per heavy atom. The van der Waals surface area contributed by atoms with Crippen molar-refractivity contribution in [3.05, 3.63) is 143 Å². The molecule has 7 nitrogen and oxygen atoms in total. The summed E-state index contributed by atoms with van der Waals surface area (Å²) in [7, 11) is 0. The van der Waals surface area contributed by atoms with E-state index in [0.717, 1.165) is 17.7 Å². The van der Waals surface area contributed by atoms with Gasteiger partial charge in [0.25, 0.3) is 11.8 Å². The Morgan fingerprint density at radius 1 is 0.809 bits per heavy atom. The lowest BCUT2D eigenvalue weighted by Gasteiger charge is -2.26. The molecule has 4 aromatic carbocycles. The van der Waals surface area contributed by atoms with Crippen LogP contribution in [0.5, 0.6) is 0 Å². The number of aliphatic hydroxyl groups is 1. The number of likely N-dealkylation sites (tertiary alicyclic amines) is 1. The van der Waals surface area contributed by atoms with Crippen molar-refractivity contribution in [1.82, 2.24) is 15.5 Å². The summed E-state index contributed by atoms with van der Waals surface area (Å²) in [4.78, 5) is 41.8. The van der Waals surface area contributed by atoms with Crippen LogP contribution in [-0.4, -0.2) is 58.9 Å². The monoisotopic (exact) mass is 643 g/mol. The van der Waals surface area contributed by atoms with Gasteiger partial charge in [0.1, 0.15) is 0 Å². The van der Waals surface area contributed by atoms with Crippen LogP contribution >= 0.6 is 0 Å². The van der Waals surface area contributed by atoms with Crippen molar-refractivity contribution in [3.8, 4) is 0 Å². The molecule has 0 saturated carbocycles. The van der Waals surface area contributed by atoms with Gasteiger partial charge in [0.2, 0.25) is 0 Å². The average molecular weight is 644 g/mol. The number of ketones is 1. The van der Waals surface area contributed by atoms with Gasteiger partial charge in [0.05, 0.1) is 23.8 Å². The van der Waals surface area contributed by atoms with E-state index < -0.39 is 35.8 Å². The summed E-state index contributed by atoms with van der Waals surface area (Å²) in [6.45, 7) is 0.511. The maximum absolute atomic E-state index is 13.6. The topological polar surface area (TPSA) is 98.7 Å². The predicted molar refractivity (Wildman–Crippen MR) is 172 cm³/mol. The van der Waals surface area contributed by atoms with Crippen LogP contribution in [0.3, 0.4) is 0 Å². The Morgan fingerprint density at radius 2 is 1.45 bits per heavy atom. The van der Waals surface area contributed by atoms with Crippen molar-refractivity contribution < 1.29 is 32.7 Å². The highest BCUT2D eigenvalue weighted by atomic mass is 19.4. The molecule has 1 fully saturated rings. The maximum Gasteiger partial charge on any atom is 0.416 e. The third-order valence-electron chi connectivity index (χ3n) is 8.26. The van der Waals surface area contributed by atoms with Crippen molar-refractivity contribution in [2.75, 3.05) is 13.1 Å². The molecule has 3 atom stereocenters. The van der Waals surface area contributed by atoms with E-state index in [4.69, 9.17) is 0 Å². The molecule has 0 aliphatic carbocycles. The van der Waals surface area contributed by atoms with Crippen molar-refractivity contribution in [1.29, 1.82) is 0 Å². The molecule has 1 aliphatic rings. The van der Waals surface area contributed by atoms with Crippen LogP contribution in [0.1, 0.15) is 60.6 Å². The molecule has 1 aliphatic heterocycles. The van der Waals surface area contributed by atoms with Crippen LogP contribution in [0.15, 0.2) is 109 Å². The molecule has 5 rings (SSSR count). The predicted octanol–water partition coefficient (Wildman–Crippen LogP) is 5.68. The first-order valence-electron chi connectivity index (χ1n) is 15.5. The number of carbonyl (C=O) groups excluding carboxylic acids is 3. The first kappa shape index (κ1) is 33.6. The molecule has 0 bridgehead atoms. The Balaban J connectivity index is 1.27. The summed E-state index contributed by atoms with van der Waals surface area (Å²) in [5.74, 6) is -0.966. The second kappa shape index (κ2) is 15.2. The third kappa shape index (κ3) is 8.72. The minimum Gasteiger partial charge on any atom is -0.390 e. The average Bonchev–Trinajstić information content (AvgIpc) is 3.58. The van der Waals surface area contributed by atoms with Gasteiger partial charge in [-0.25, -0.2) is 0 Å². The Kier molecular flexibility index (Phi) is 10.8. The van der Waals surface area contributed by atoms with Gasteiger partial charge in [-0.3, -0.25) is 14.4 Å². The van der Waals surface area contributed by atoms with Crippen LogP contribution in [0.25, 0.3) is 0 Å². The van der Waals surface area contributed by atoms with Crippen LogP contribution in [0, 0.1) is 0 Å². The van der Waals surface area contributed by atoms with Gasteiger partial charge in [-0.05, 0) is 54.7 Å². The van der Waals surface area contributed by atoms with Crippen molar-refractivity contribution in [2.45, 2.75) is 50.2 Å². The molecule has 244 valence electrons. The normalized spacial score (nSPS) is 16.0. The number of Topliss-reactive ketones (excluding diaryl/α,β-unsaturated/α-hetero) is 1. The fourth-order valence-corrected chi connectivity index (χ4v) is 5.80. The van der Waals surface area contributed by atoms with Gasteiger partial charge >= 0.3 is 6.18 Å². The molecule has 0 radical (unpaired) electrons. The molecule has 3 N–H and O–H groups in total. The summed E-state index contributed by atoms with van der Waals surface area (Å²) in [5.41, 5.74) is 1.54. The van der Waals surface area contributed by atoms with E-state index in [0.29, 0.717) is 30.5 Å². The minimum absolute atomic E-state index is 0.00164. The highest BCUT2D eigenvalue weighted by molar-refractivity contribution is 6.05. The first-order chi connectivity index (χ1) is 22.6. The van der Waals surface area contributed by atoms with E-state index in [1.807, 2.05) is 36.4 Å². The molecule has 0 spiro atoms. The molecule has 10 heteroatoms. The maximum atomic E-state index is 13.6. The molecular formula is C37H36F3N3O4. The summed E-state index contributed by atoms with van der Waals surface area (Å²) in [6.07, 6.45) is -4.02. The van der Waals surface area contributed by atoms with Gasteiger partial charge in [0, 0.05) is 36.3 Å². The lowest BCUT2D eigenvalue weighted by molar-refractivity contribution is -0.137. The van der Waals surface area contributed by atoms with Crippen LogP contribution < -0.4 is 10.6 Å². The molecule has 1 heterocycles. The zero-order valence-corrected chi connectivity index (χ0v) is 25.6. The number of halogens is 3. The second-order valence-corrected chi connectivity index (χ2v) is 11.6. The summed E-state index contributed by atoms with van der Waals surface area (Å²) < 4.78 is 39.4. The molecule has 2 amide bonds. The number of aliphatic hydroxyl groups excluding tert-OH is 1. The lowest BCUT2D eigenvalue weighted by Crippen LogP contribution is -2.48. The molecule has 1 unspecified atom stereocenters. The number of rotatable bonds is 12. The highest BCUT2D eigenvalue weighted by Crippen LogP contribution is 2.29. The summed E-state index contributed by atoms with van der Waals surface area (Å²) >= 11 is 0. The largest absolute Gasteiger partial charge is 0.416 e. The summed E-state index contributed by atoms with van der Waals surface area (Å²) in [5, 5.41) is 17.0. The number of nitrogens with zero attached hydrogens (tertiary/aromatic N) is 1. The second-order valence-electron chi connectivity index (χ2n) is 11.6. The van der Waals surface area contributed by atoms with Gasteiger partial charge in [-0.1, -0.05) is 84.9 Å². The first-order valence-corrected chi connectivity index (χ1v) is 15.5. The smallest absolute Gasteiger partial charge is 0.390 e. The molecule has 4 aromatic rings. The SMILES string of the molecule is O=C(N[C@@H](Cc1ccccc1)[C@H](O)CNCc1cccc(C(F)(F)F)c1)c1cccc(C(=O)N2CCCC2C(=O)c2ccccc2)c1. The number of alkyl halides is 3. The highest BCUT2D eigenvalue weighted by Gasteiger charge is 2.35. The number of amides is 2. The molecule has 1 saturated heterocycles. The number of hydrogen-bond donors (Lipinski definition) is 3. The molecular weight excluding hydrogens is 607 g/mol. The summed E-state index contributed by atoms with van der Waals surface area (Å²) in [6, 6.07) is 28.0. The standard InChI is InChI=1S/C37H36F3N3O4/c38-37(39,40)30-17-7-12-26(20-30)23-41-24-33(44)31(21-25-10-3-1-4-11-25)42-35(46)28-15-8-16-29(22-28)36(47)43-19-9-18-32(43)34(45)27-13-5-2-6-14-27/h1-8,10-17,20,22,31-33,41,44H,9,18-19,21,23-24H2,(H,42,46)/t31-,32?,33+/m0/s1. The number of nitrogens with one attached hydrogen (secondary N) is 2. The van der Waals surface area contributed by atoms with Crippen molar-refractivity contribution >= 4 is 17.6 Å². The van der Waals surface area contributed by atoms with E-state index in [9.17, 15) is 32.7 Å². The Labute approximate surface area is 271 Å². The fraction of sp³-hybridized carbons (Fsp3) is 0.270. The zero-order chi connectivity index (χ0) is 33.4. The minimum atomic E-state index is -4.46. The third-order valence-corrected chi connectivity index (χ3v) is 8.26. The van der Waals surface area contributed by atoms with Gasteiger partial charge in [-0.15, -0.1) is 0 Å². The van der Waals surface area contributed by atoms with Crippen LogP contribution in [0.2, 0.25) is 0 Å². The van der Waals surface area contributed by atoms with Gasteiger partial charge in [-0.2, -0.15) is 13.2 Å². The van der Waals surface area contributed by atoms with E-state index in [1.54, 1.807) is 53.4 Å². The van der Waals surface area contributed by atoms with E-state index in [2.05, 4.69) is 10.6 Å². The quantitative estimate of drug-likeness (QED) is 0.173. The van der Waals surface area contributed by atoms with Crippen LogP contribution in [-0.2, 0) is 19.1 Å². The van der Waals surface area contributed by atoms with Crippen molar-refractivity contribution in [2.24, 2.45) is 0 Å².